The Labute approximate surface area is 143 Å². The van der Waals surface area contributed by atoms with E-state index in [-0.39, 0.29) is 17.8 Å². The van der Waals surface area contributed by atoms with Crippen molar-refractivity contribution in [3.8, 4) is 0 Å². The van der Waals surface area contributed by atoms with Gasteiger partial charge in [-0.25, -0.2) is 0 Å². The number of carbonyl (C=O) groups is 2. The molecular formula is C18H29NO5. The van der Waals surface area contributed by atoms with E-state index >= 15 is 0 Å². The van der Waals surface area contributed by atoms with Crippen molar-refractivity contribution in [2.45, 2.75) is 57.3 Å². The van der Waals surface area contributed by atoms with Crippen LogP contribution in [0.2, 0.25) is 0 Å². The summed E-state index contributed by atoms with van der Waals surface area (Å²) in [5.41, 5.74) is -1.46. The van der Waals surface area contributed by atoms with E-state index in [9.17, 15) is 9.59 Å². The number of rotatable bonds is 4. The van der Waals surface area contributed by atoms with Gasteiger partial charge in [0.05, 0.1) is 7.11 Å². The fraction of sp³-hybridized carbons (Fsp3) is 0.889. The summed E-state index contributed by atoms with van der Waals surface area (Å²) in [6.07, 6.45) is 4.38. The van der Waals surface area contributed by atoms with Crippen molar-refractivity contribution in [1.29, 1.82) is 0 Å². The summed E-state index contributed by atoms with van der Waals surface area (Å²) in [7, 11) is 4.72. The number of methoxy groups -OCH3 is 3. The summed E-state index contributed by atoms with van der Waals surface area (Å²) in [6.45, 7) is 3.33. The summed E-state index contributed by atoms with van der Waals surface area (Å²) in [4.78, 5) is 28.4. The Morgan fingerprint density at radius 3 is 2.46 bits per heavy atom. The maximum absolute atomic E-state index is 13.5. The number of hydrogen-bond acceptors (Lipinski definition) is 6. The Hall–Kier alpha value is -0.980. The summed E-state index contributed by atoms with van der Waals surface area (Å²) in [5.74, 6) is -0.894. The van der Waals surface area contributed by atoms with Crippen molar-refractivity contribution in [2.24, 2.45) is 10.8 Å². The molecule has 3 atom stereocenters. The third-order valence-electron chi connectivity index (χ3n) is 6.85. The number of likely N-dealkylation sites (tertiary alicyclic amines) is 1. The molecule has 2 saturated carbocycles. The third-order valence-corrected chi connectivity index (χ3v) is 6.85. The fourth-order valence-electron chi connectivity index (χ4n) is 5.47. The number of ether oxygens (including phenoxy) is 3. The smallest absolute Gasteiger partial charge is 0.320 e. The zero-order valence-corrected chi connectivity index (χ0v) is 15.2. The molecule has 0 aromatic rings. The lowest BCUT2D eigenvalue weighted by Crippen LogP contribution is -2.72. The van der Waals surface area contributed by atoms with Gasteiger partial charge in [0.1, 0.15) is 5.41 Å². The minimum absolute atomic E-state index is 0.0572. The highest BCUT2D eigenvalue weighted by atomic mass is 16.7. The van der Waals surface area contributed by atoms with Gasteiger partial charge in [-0.2, -0.15) is 0 Å². The van der Waals surface area contributed by atoms with Crippen molar-refractivity contribution in [1.82, 2.24) is 4.90 Å². The second-order valence-electron chi connectivity index (χ2n) is 7.51. The van der Waals surface area contributed by atoms with Crippen LogP contribution in [0.1, 0.15) is 45.4 Å². The van der Waals surface area contributed by atoms with E-state index in [0.717, 1.165) is 19.4 Å². The maximum Gasteiger partial charge on any atom is 0.320 e. The minimum atomic E-state index is -0.986. The van der Waals surface area contributed by atoms with Crippen molar-refractivity contribution in [3.63, 3.8) is 0 Å². The first-order valence-corrected chi connectivity index (χ1v) is 8.91. The molecule has 24 heavy (non-hydrogen) atoms. The molecule has 1 aliphatic heterocycles. The van der Waals surface area contributed by atoms with Crippen LogP contribution in [0.3, 0.4) is 0 Å². The quantitative estimate of drug-likeness (QED) is 0.442. The largest absolute Gasteiger partial charge is 0.468 e. The zero-order chi connectivity index (χ0) is 17.6. The van der Waals surface area contributed by atoms with Crippen LogP contribution in [0.25, 0.3) is 0 Å². The van der Waals surface area contributed by atoms with E-state index in [1.54, 1.807) is 14.2 Å². The molecule has 1 heterocycles. The van der Waals surface area contributed by atoms with Gasteiger partial charge in [-0.05, 0) is 25.8 Å². The Balaban J connectivity index is 2.04. The van der Waals surface area contributed by atoms with E-state index < -0.39 is 16.6 Å². The molecule has 0 aromatic carbocycles. The van der Waals surface area contributed by atoms with Crippen LogP contribution in [0, 0.1) is 10.8 Å². The predicted octanol–water partition coefficient (Wildman–Crippen LogP) is 1.76. The van der Waals surface area contributed by atoms with Crippen LogP contribution in [0.15, 0.2) is 0 Å². The molecule has 136 valence electrons. The molecule has 6 nitrogen and oxygen atoms in total. The van der Waals surface area contributed by atoms with Gasteiger partial charge in [0, 0.05) is 45.1 Å². The van der Waals surface area contributed by atoms with Gasteiger partial charge in [0.15, 0.2) is 11.6 Å². The standard InChI is InChI=1S/C18H29NO5/c1-5-19-12-17(15(21)22-2)8-6-7-16(14(17)20)9-10-18(23-3,24-4)11-13(16)19/h13H,5-12H2,1-4H3. The lowest BCUT2D eigenvalue weighted by molar-refractivity contribution is -0.257. The average Bonchev–Trinajstić information content (AvgIpc) is 2.61. The molecule has 2 aliphatic carbocycles. The molecule has 1 saturated heterocycles. The molecule has 6 heteroatoms. The SMILES string of the molecule is CCN1CC2(C(=O)OC)CCCC3(CCC(OC)(OC)CC13)C2=O. The van der Waals surface area contributed by atoms with Gasteiger partial charge in [0.2, 0.25) is 0 Å². The topological polar surface area (TPSA) is 65.1 Å². The van der Waals surface area contributed by atoms with Gasteiger partial charge in [0.25, 0.3) is 0 Å². The number of hydrogen-bond donors (Lipinski definition) is 0. The second kappa shape index (κ2) is 6.07. The number of nitrogens with zero attached hydrogens (tertiary/aromatic N) is 1. The molecule has 1 spiro atoms. The fourth-order valence-corrected chi connectivity index (χ4v) is 5.47. The highest BCUT2D eigenvalue weighted by Gasteiger charge is 2.68. The van der Waals surface area contributed by atoms with Crippen LogP contribution < -0.4 is 0 Å². The first-order chi connectivity index (χ1) is 11.4. The zero-order valence-electron chi connectivity index (χ0n) is 15.2. The predicted molar refractivity (Wildman–Crippen MR) is 87.4 cm³/mol. The number of piperidine rings is 1. The third kappa shape index (κ3) is 2.19. The lowest BCUT2D eigenvalue weighted by Gasteiger charge is -2.61. The lowest BCUT2D eigenvalue weighted by atomic mass is 9.50. The number of fused-ring (bicyclic) bond motifs is 1. The van der Waals surface area contributed by atoms with Gasteiger partial charge >= 0.3 is 5.97 Å². The Morgan fingerprint density at radius 1 is 1.17 bits per heavy atom. The van der Waals surface area contributed by atoms with E-state index in [4.69, 9.17) is 14.2 Å². The normalized spacial score (nSPS) is 38.5. The molecule has 0 amide bonds. The van der Waals surface area contributed by atoms with Crippen LogP contribution in [-0.4, -0.2) is 62.9 Å². The summed E-state index contributed by atoms with van der Waals surface area (Å²) in [5, 5.41) is 0. The Bertz CT molecular complexity index is 532. The second-order valence-corrected chi connectivity index (χ2v) is 7.51. The van der Waals surface area contributed by atoms with Crippen LogP contribution in [-0.2, 0) is 23.8 Å². The monoisotopic (exact) mass is 339 g/mol. The van der Waals surface area contributed by atoms with Gasteiger partial charge in [-0.15, -0.1) is 0 Å². The summed E-state index contributed by atoms with van der Waals surface area (Å²) >= 11 is 0. The number of Topliss-reactive ketones (excluding diaryl/α,β-unsaturated/α-hetero) is 1. The van der Waals surface area contributed by atoms with Gasteiger partial charge in [-0.3, -0.25) is 14.5 Å². The first kappa shape index (κ1) is 17.8. The molecule has 2 bridgehead atoms. The Kier molecular flexibility index (Phi) is 4.51. The Morgan fingerprint density at radius 2 is 1.88 bits per heavy atom. The van der Waals surface area contributed by atoms with Crippen molar-refractivity contribution >= 4 is 11.8 Å². The highest BCUT2D eigenvalue weighted by molar-refractivity contribution is 6.08. The number of ketones is 1. The van der Waals surface area contributed by atoms with Gasteiger partial charge < -0.3 is 14.2 Å². The van der Waals surface area contributed by atoms with E-state index in [0.29, 0.717) is 32.2 Å². The van der Waals surface area contributed by atoms with Crippen LogP contribution in [0.5, 0.6) is 0 Å². The van der Waals surface area contributed by atoms with Crippen molar-refractivity contribution in [2.75, 3.05) is 34.4 Å². The molecule has 0 N–H and O–H groups in total. The molecule has 3 unspecified atom stereocenters. The number of esters is 1. The van der Waals surface area contributed by atoms with Crippen molar-refractivity contribution in [3.05, 3.63) is 0 Å². The molecule has 3 fully saturated rings. The van der Waals surface area contributed by atoms with Gasteiger partial charge in [-0.1, -0.05) is 13.3 Å². The van der Waals surface area contributed by atoms with Crippen LogP contribution in [0.4, 0.5) is 0 Å². The highest BCUT2D eigenvalue weighted by Crippen LogP contribution is 2.58. The summed E-state index contributed by atoms with van der Waals surface area (Å²) < 4.78 is 16.4. The maximum atomic E-state index is 13.5. The molecule has 3 rings (SSSR count). The van der Waals surface area contributed by atoms with E-state index in [1.165, 1.54) is 7.11 Å². The van der Waals surface area contributed by atoms with E-state index in [2.05, 4.69) is 11.8 Å². The molecule has 3 aliphatic rings. The first-order valence-electron chi connectivity index (χ1n) is 8.91. The van der Waals surface area contributed by atoms with Crippen LogP contribution >= 0.6 is 0 Å². The van der Waals surface area contributed by atoms with E-state index in [1.807, 2.05) is 0 Å². The number of carbonyl (C=O) groups excluding carboxylic acids is 2. The summed E-state index contributed by atoms with van der Waals surface area (Å²) in [6, 6.07) is 0.0572. The molecule has 0 radical (unpaired) electrons. The van der Waals surface area contributed by atoms with Crippen molar-refractivity contribution < 1.29 is 23.8 Å². The molecule has 0 aromatic heterocycles. The molecular weight excluding hydrogens is 310 g/mol. The minimum Gasteiger partial charge on any atom is -0.468 e. The average molecular weight is 339 g/mol.